The van der Waals surface area contributed by atoms with E-state index < -0.39 is 11.3 Å². The molecule has 0 fully saturated rings. The number of allylic oxidation sites excluding steroid dienone is 2. The predicted octanol–water partition coefficient (Wildman–Crippen LogP) is 2.06. The summed E-state index contributed by atoms with van der Waals surface area (Å²) in [4.78, 5) is 2.09. The number of fused-ring (bicyclic) bond motifs is 1. The SMILES string of the molecule is COc1ccc(C2C3CN(C)CC=C3C(C#N)=C(N)C2(C#N)C#N)c(OC)c1. The van der Waals surface area contributed by atoms with Crippen molar-refractivity contribution in [2.24, 2.45) is 17.1 Å². The van der Waals surface area contributed by atoms with Gasteiger partial charge < -0.3 is 20.1 Å². The lowest BCUT2D eigenvalue weighted by molar-refractivity contribution is 0.234. The van der Waals surface area contributed by atoms with Gasteiger partial charge in [-0.3, -0.25) is 0 Å². The number of nitriles is 3. The van der Waals surface area contributed by atoms with Gasteiger partial charge >= 0.3 is 0 Å². The molecule has 0 saturated carbocycles. The average molecular weight is 375 g/mol. The highest BCUT2D eigenvalue weighted by Gasteiger charge is 2.55. The van der Waals surface area contributed by atoms with E-state index in [-0.39, 0.29) is 17.2 Å². The molecule has 0 amide bonds. The number of likely N-dealkylation sites (N-methyl/N-ethyl adjacent to an activating group) is 1. The Morgan fingerprint density at radius 1 is 1.18 bits per heavy atom. The van der Waals surface area contributed by atoms with Gasteiger partial charge in [0, 0.05) is 36.6 Å². The Morgan fingerprint density at radius 3 is 2.46 bits per heavy atom. The van der Waals surface area contributed by atoms with Crippen LogP contribution in [0, 0.1) is 45.3 Å². The summed E-state index contributed by atoms with van der Waals surface area (Å²) >= 11 is 0. The number of nitrogens with zero attached hydrogens (tertiary/aromatic N) is 4. The molecule has 7 heteroatoms. The second kappa shape index (κ2) is 7.27. The number of hydrogen-bond acceptors (Lipinski definition) is 7. The smallest absolute Gasteiger partial charge is 0.191 e. The van der Waals surface area contributed by atoms with E-state index in [2.05, 4.69) is 23.1 Å². The maximum atomic E-state index is 10.1. The van der Waals surface area contributed by atoms with Crippen molar-refractivity contribution in [2.45, 2.75) is 5.92 Å². The molecule has 1 heterocycles. The van der Waals surface area contributed by atoms with Crippen LogP contribution in [-0.4, -0.2) is 39.3 Å². The lowest BCUT2D eigenvalue weighted by Crippen LogP contribution is -2.47. The number of rotatable bonds is 3. The van der Waals surface area contributed by atoms with E-state index in [1.165, 1.54) is 7.11 Å². The summed E-state index contributed by atoms with van der Waals surface area (Å²) in [6.07, 6.45) is 1.96. The Kier molecular flexibility index (Phi) is 5.01. The van der Waals surface area contributed by atoms with Gasteiger partial charge in [-0.15, -0.1) is 0 Å². The zero-order valence-electron chi connectivity index (χ0n) is 16.1. The Balaban J connectivity index is 2.35. The first-order chi connectivity index (χ1) is 13.5. The highest BCUT2D eigenvalue weighted by atomic mass is 16.5. The van der Waals surface area contributed by atoms with Gasteiger partial charge in [-0.05, 0) is 18.7 Å². The van der Waals surface area contributed by atoms with E-state index >= 15 is 0 Å². The first-order valence-electron chi connectivity index (χ1n) is 8.81. The van der Waals surface area contributed by atoms with Crippen LogP contribution in [0.5, 0.6) is 11.5 Å². The standard InChI is InChI=1S/C21H21N5O2/c1-26-7-6-14-16(9-22)20(25)21(11-23,12-24)19(17(14)10-26)15-5-4-13(27-2)8-18(15)28-3/h4-6,8,17,19H,7,10,25H2,1-3H3. The summed E-state index contributed by atoms with van der Waals surface area (Å²) in [5.74, 6) is 0.283. The number of hydrogen-bond donors (Lipinski definition) is 1. The van der Waals surface area contributed by atoms with Crippen molar-refractivity contribution in [3.63, 3.8) is 0 Å². The van der Waals surface area contributed by atoms with Crippen LogP contribution in [0.1, 0.15) is 11.5 Å². The number of benzene rings is 1. The highest BCUT2D eigenvalue weighted by molar-refractivity contribution is 5.61. The summed E-state index contributed by atoms with van der Waals surface area (Å²) in [6, 6.07) is 11.7. The van der Waals surface area contributed by atoms with Crippen molar-refractivity contribution in [3.05, 3.63) is 46.7 Å². The molecular formula is C21H21N5O2. The normalized spacial score (nSPS) is 23.5. The number of methoxy groups -OCH3 is 2. The van der Waals surface area contributed by atoms with E-state index in [1.807, 2.05) is 19.2 Å². The Labute approximate surface area is 164 Å². The van der Waals surface area contributed by atoms with Crippen LogP contribution in [0.2, 0.25) is 0 Å². The topological polar surface area (TPSA) is 119 Å². The van der Waals surface area contributed by atoms with Crippen LogP contribution in [0.4, 0.5) is 0 Å². The maximum absolute atomic E-state index is 10.1. The largest absolute Gasteiger partial charge is 0.497 e. The van der Waals surface area contributed by atoms with E-state index in [0.29, 0.717) is 30.2 Å². The van der Waals surface area contributed by atoms with Crippen molar-refractivity contribution in [2.75, 3.05) is 34.4 Å². The van der Waals surface area contributed by atoms with E-state index in [4.69, 9.17) is 15.2 Å². The maximum Gasteiger partial charge on any atom is 0.191 e. The fourth-order valence-electron chi connectivity index (χ4n) is 4.24. The number of nitrogens with two attached hydrogens (primary N) is 1. The molecule has 0 saturated heterocycles. The zero-order valence-corrected chi connectivity index (χ0v) is 16.1. The van der Waals surface area contributed by atoms with Crippen molar-refractivity contribution >= 4 is 0 Å². The van der Waals surface area contributed by atoms with Gasteiger partial charge in [-0.1, -0.05) is 12.1 Å². The molecular weight excluding hydrogens is 354 g/mol. The molecule has 1 aromatic carbocycles. The van der Waals surface area contributed by atoms with Crippen molar-refractivity contribution in [1.82, 2.24) is 4.90 Å². The Hall–Kier alpha value is -3.47. The molecule has 0 bridgehead atoms. The second-order valence-corrected chi connectivity index (χ2v) is 7.00. The van der Waals surface area contributed by atoms with Crippen molar-refractivity contribution in [1.29, 1.82) is 15.8 Å². The minimum Gasteiger partial charge on any atom is -0.497 e. The summed E-state index contributed by atoms with van der Waals surface area (Å²) in [7, 11) is 5.05. The molecule has 0 aromatic heterocycles. The monoisotopic (exact) mass is 375 g/mol. The summed E-state index contributed by atoms with van der Waals surface area (Å²) in [5.41, 5.74) is 6.36. The second-order valence-electron chi connectivity index (χ2n) is 7.00. The quantitative estimate of drug-likeness (QED) is 0.858. The molecule has 3 rings (SSSR count). The summed E-state index contributed by atoms with van der Waals surface area (Å²) < 4.78 is 10.8. The fourth-order valence-corrected chi connectivity index (χ4v) is 4.24. The molecule has 7 nitrogen and oxygen atoms in total. The fraction of sp³-hybridized carbons (Fsp3) is 0.381. The molecule has 1 aliphatic carbocycles. The first kappa shape index (κ1) is 19.3. The van der Waals surface area contributed by atoms with Gasteiger partial charge in [-0.2, -0.15) is 15.8 Å². The van der Waals surface area contributed by atoms with Gasteiger partial charge in [-0.25, -0.2) is 0 Å². The third-order valence-electron chi connectivity index (χ3n) is 5.62. The Morgan fingerprint density at radius 2 is 1.89 bits per heavy atom. The first-order valence-corrected chi connectivity index (χ1v) is 8.81. The van der Waals surface area contributed by atoms with Crippen LogP contribution in [0.3, 0.4) is 0 Å². The molecule has 2 aliphatic rings. The summed E-state index contributed by atoms with van der Waals surface area (Å²) in [6.45, 7) is 1.26. The van der Waals surface area contributed by atoms with Gasteiger partial charge in [0.05, 0.1) is 37.6 Å². The molecule has 142 valence electrons. The lowest BCUT2D eigenvalue weighted by Gasteiger charge is -2.45. The minimum absolute atomic E-state index is 0.00919. The van der Waals surface area contributed by atoms with E-state index in [9.17, 15) is 15.8 Å². The lowest BCUT2D eigenvalue weighted by atomic mass is 9.58. The van der Waals surface area contributed by atoms with Gasteiger partial charge in [0.1, 0.15) is 17.6 Å². The molecule has 1 aliphatic heterocycles. The molecule has 2 atom stereocenters. The van der Waals surface area contributed by atoms with Crippen LogP contribution in [-0.2, 0) is 0 Å². The van der Waals surface area contributed by atoms with E-state index in [0.717, 1.165) is 5.57 Å². The Bertz CT molecular complexity index is 976. The predicted molar refractivity (Wildman–Crippen MR) is 102 cm³/mol. The van der Waals surface area contributed by atoms with Gasteiger partial charge in [0.25, 0.3) is 0 Å². The average Bonchev–Trinajstić information content (AvgIpc) is 2.73. The van der Waals surface area contributed by atoms with Crippen LogP contribution >= 0.6 is 0 Å². The third-order valence-corrected chi connectivity index (χ3v) is 5.62. The van der Waals surface area contributed by atoms with Crippen molar-refractivity contribution in [3.8, 4) is 29.7 Å². The van der Waals surface area contributed by atoms with Crippen molar-refractivity contribution < 1.29 is 9.47 Å². The zero-order chi connectivity index (χ0) is 20.5. The molecule has 2 unspecified atom stereocenters. The minimum atomic E-state index is -1.67. The molecule has 0 radical (unpaired) electrons. The molecule has 28 heavy (non-hydrogen) atoms. The van der Waals surface area contributed by atoms with Crippen LogP contribution < -0.4 is 15.2 Å². The van der Waals surface area contributed by atoms with Gasteiger partial charge in [0.15, 0.2) is 5.41 Å². The molecule has 2 N–H and O–H groups in total. The highest BCUT2D eigenvalue weighted by Crippen LogP contribution is 2.55. The van der Waals surface area contributed by atoms with Crippen LogP contribution in [0.15, 0.2) is 41.1 Å². The van der Waals surface area contributed by atoms with E-state index in [1.54, 1.807) is 19.2 Å². The molecule has 0 spiro atoms. The third kappa shape index (κ3) is 2.67. The molecule has 1 aromatic rings. The summed E-state index contributed by atoms with van der Waals surface area (Å²) in [5, 5.41) is 29.9. The number of ether oxygens (including phenoxy) is 2. The van der Waals surface area contributed by atoms with Crippen LogP contribution in [0.25, 0.3) is 0 Å². The van der Waals surface area contributed by atoms with Gasteiger partial charge in [0.2, 0.25) is 0 Å².